The number of hydrogen-bond donors (Lipinski definition) is 0. The largest absolute Gasteiger partial charge is 0.496 e. The van der Waals surface area contributed by atoms with E-state index in [4.69, 9.17) is 4.74 Å². The van der Waals surface area contributed by atoms with E-state index in [1.165, 1.54) is 5.56 Å². The molecular formula is C13H13BrN2O. The molecule has 0 aliphatic rings. The highest BCUT2D eigenvalue weighted by molar-refractivity contribution is 9.10. The number of ether oxygens (including phenoxy) is 1. The molecule has 0 bridgehead atoms. The van der Waals surface area contributed by atoms with Gasteiger partial charge >= 0.3 is 0 Å². The minimum Gasteiger partial charge on any atom is -0.496 e. The van der Waals surface area contributed by atoms with Gasteiger partial charge in [-0.25, -0.2) is 9.97 Å². The zero-order valence-electron chi connectivity index (χ0n) is 9.99. The Labute approximate surface area is 109 Å². The van der Waals surface area contributed by atoms with E-state index in [1.54, 1.807) is 7.11 Å². The van der Waals surface area contributed by atoms with E-state index in [9.17, 15) is 0 Å². The van der Waals surface area contributed by atoms with E-state index in [2.05, 4.69) is 32.0 Å². The molecule has 0 aliphatic heterocycles. The molecule has 0 fully saturated rings. The Kier molecular flexibility index (Phi) is 3.43. The van der Waals surface area contributed by atoms with Crippen LogP contribution in [0.15, 0.2) is 28.9 Å². The van der Waals surface area contributed by atoms with Crippen molar-refractivity contribution in [3.05, 3.63) is 40.3 Å². The van der Waals surface area contributed by atoms with Gasteiger partial charge in [-0.1, -0.05) is 11.6 Å². The summed E-state index contributed by atoms with van der Waals surface area (Å²) in [4.78, 5) is 8.64. The molecule has 1 heterocycles. The van der Waals surface area contributed by atoms with Gasteiger partial charge in [0.25, 0.3) is 0 Å². The molecule has 2 rings (SSSR count). The van der Waals surface area contributed by atoms with Crippen molar-refractivity contribution in [2.45, 2.75) is 13.8 Å². The Morgan fingerprint density at radius 2 is 1.88 bits per heavy atom. The van der Waals surface area contributed by atoms with Crippen molar-refractivity contribution in [2.75, 3.05) is 7.11 Å². The van der Waals surface area contributed by atoms with Crippen molar-refractivity contribution in [3.63, 3.8) is 0 Å². The first kappa shape index (κ1) is 12.0. The molecule has 0 aliphatic carbocycles. The minimum absolute atomic E-state index is 0.734. The topological polar surface area (TPSA) is 35.0 Å². The van der Waals surface area contributed by atoms with Crippen molar-refractivity contribution >= 4 is 15.9 Å². The van der Waals surface area contributed by atoms with Crippen LogP contribution in [-0.4, -0.2) is 17.1 Å². The molecule has 17 heavy (non-hydrogen) atoms. The van der Waals surface area contributed by atoms with Crippen LogP contribution in [0.5, 0.6) is 5.75 Å². The van der Waals surface area contributed by atoms with E-state index in [1.807, 2.05) is 32.0 Å². The quantitative estimate of drug-likeness (QED) is 0.794. The summed E-state index contributed by atoms with van der Waals surface area (Å²) in [5, 5.41) is 0. The monoisotopic (exact) mass is 292 g/mol. The number of nitrogens with zero attached hydrogens (tertiary/aromatic N) is 2. The van der Waals surface area contributed by atoms with E-state index >= 15 is 0 Å². The molecule has 0 spiro atoms. The van der Waals surface area contributed by atoms with Crippen LogP contribution in [0, 0.1) is 13.8 Å². The van der Waals surface area contributed by atoms with Crippen molar-refractivity contribution in [1.29, 1.82) is 0 Å². The van der Waals surface area contributed by atoms with Gasteiger partial charge in [0, 0.05) is 5.56 Å². The molecule has 0 N–H and O–H groups in total. The number of hydrogen-bond acceptors (Lipinski definition) is 3. The van der Waals surface area contributed by atoms with Gasteiger partial charge in [-0.15, -0.1) is 0 Å². The number of aryl methyl sites for hydroxylation is 2. The fraction of sp³-hybridized carbons (Fsp3) is 0.231. The van der Waals surface area contributed by atoms with E-state index < -0.39 is 0 Å². The molecule has 0 amide bonds. The Balaban J connectivity index is 2.62. The molecule has 1 aromatic heterocycles. The zero-order chi connectivity index (χ0) is 12.4. The average Bonchev–Trinajstić information content (AvgIpc) is 2.27. The van der Waals surface area contributed by atoms with Gasteiger partial charge < -0.3 is 4.74 Å². The number of rotatable bonds is 2. The second-order valence-corrected chi connectivity index (χ2v) is 4.64. The molecule has 0 radical (unpaired) electrons. The highest BCUT2D eigenvalue weighted by atomic mass is 79.9. The second-order valence-electron chi connectivity index (χ2n) is 3.83. The van der Waals surface area contributed by atoms with Crippen molar-refractivity contribution in [2.24, 2.45) is 0 Å². The van der Waals surface area contributed by atoms with Crippen molar-refractivity contribution in [1.82, 2.24) is 9.97 Å². The van der Waals surface area contributed by atoms with Gasteiger partial charge in [0.1, 0.15) is 16.2 Å². The Morgan fingerprint density at radius 1 is 1.12 bits per heavy atom. The molecule has 0 saturated carbocycles. The maximum atomic E-state index is 5.36. The Morgan fingerprint density at radius 3 is 2.53 bits per heavy atom. The first-order valence-electron chi connectivity index (χ1n) is 5.26. The lowest BCUT2D eigenvalue weighted by molar-refractivity contribution is 0.416. The third kappa shape index (κ3) is 2.64. The summed E-state index contributed by atoms with van der Waals surface area (Å²) in [6, 6.07) is 7.93. The number of methoxy groups -OCH3 is 1. The van der Waals surface area contributed by atoms with Gasteiger partial charge in [-0.05, 0) is 48.0 Å². The highest BCUT2D eigenvalue weighted by Crippen LogP contribution is 2.30. The summed E-state index contributed by atoms with van der Waals surface area (Å²) < 4.78 is 6.14. The molecular weight excluding hydrogens is 280 g/mol. The summed E-state index contributed by atoms with van der Waals surface area (Å²) in [5.41, 5.74) is 3.02. The Hall–Kier alpha value is -1.42. The molecule has 0 unspecified atom stereocenters. The van der Waals surface area contributed by atoms with E-state index in [0.717, 1.165) is 27.4 Å². The van der Waals surface area contributed by atoms with Crippen LogP contribution >= 0.6 is 15.9 Å². The normalized spacial score (nSPS) is 10.4. The van der Waals surface area contributed by atoms with Crippen LogP contribution in [-0.2, 0) is 0 Å². The number of aromatic nitrogens is 2. The molecule has 0 atom stereocenters. The molecule has 2 aromatic rings. The average molecular weight is 293 g/mol. The maximum Gasteiger partial charge on any atom is 0.128 e. The van der Waals surface area contributed by atoms with Crippen LogP contribution < -0.4 is 4.74 Å². The van der Waals surface area contributed by atoms with Crippen LogP contribution in [0.4, 0.5) is 0 Å². The summed E-state index contributed by atoms with van der Waals surface area (Å²) >= 11 is 3.38. The lowest BCUT2D eigenvalue weighted by Gasteiger charge is -2.09. The first-order chi connectivity index (χ1) is 8.10. The molecule has 1 aromatic carbocycles. The number of halogens is 1. The molecule has 3 nitrogen and oxygen atoms in total. The van der Waals surface area contributed by atoms with E-state index in [0.29, 0.717) is 0 Å². The zero-order valence-corrected chi connectivity index (χ0v) is 11.6. The van der Waals surface area contributed by atoms with Gasteiger partial charge in [0.2, 0.25) is 0 Å². The third-order valence-electron chi connectivity index (χ3n) is 2.44. The van der Waals surface area contributed by atoms with Crippen LogP contribution in [0.25, 0.3) is 11.3 Å². The van der Waals surface area contributed by atoms with Crippen molar-refractivity contribution < 1.29 is 4.74 Å². The number of benzene rings is 1. The smallest absolute Gasteiger partial charge is 0.128 e. The Bertz CT molecular complexity index is 535. The van der Waals surface area contributed by atoms with Gasteiger partial charge in [-0.2, -0.15) is 0 Å². The second kappa shape index (κ2) is 4.84. The molecule has 0 saturated heterocycles. The first-order valence-corrected chi connectivity index (χ1v) is 6.05. The maximum absolute atomic E-state index is 5.36. The lowest BCUT2D eigenvalue weighted by Crippen LogP contribution is -1.95. The molecule has 4 heteroatoms. The van der Waals surface area contributed by atoms with Crippen LogP contribution in [0.1, 0.15) is 11.4 Å². The third-order valence-corrected chi connectivity index (χ3v) is 2.84. The summed E-state index contributed by atoms with van der Waals surface area (Å²) in [7, 11) is 1.66. The predicted octanol–water partition coefficient (Wildman–Crippen LogP) is 3.53. The minimum atomic E-state index is 0.734. The van der Waals surface area contributed by atoms with Crippen LogP contribution in [0.3, 0.4) is 0 Å². The fourth-order valence-electron chi connectivity index (χ4n) is 1.69. The highest BCUT2D eigenvalue weighted by Gasteiger charge is 2.09. The van der Waals surface area contributed by atoms with Gasteiger partial charge in [0.05, 0.1) is 12.8 Å². The van der Waals surface area contributed by atoms with Crippen LogP contribution in [0.2, 0.25) is 0 Å². The van der Waals surface area contributed by atoms with Gasteiger partial charge in [0.15, 0.2) is 0 Å². The van der Waals surface area contributed by atoms with Crippen molar-refractivity contribution in [3.8, 4) is 17.0 Å². The SMILES string of the molecule is COc1ccc(C)cc1-c1cc(Br)nc(C)n1. The van der Waals surface area contributed by atoms with E-state index in [-0.39, 0.29) is 0 Å². The lowest BCUT2D eigenvalue weighted by atomic mass is 10.1. The fourth-order valence-corrected chi connectivity index (χ4v) is 2.16. The van der Waals surface area contributed by atoms with Gasteiger partial charge in [-0.3, -0.25) is 0 Å². The molecule has 88 valence electrons. The summed E-state index contributed by atoms with van der Waals surface area (Å²) in [6.07, 6.45) is 0. The predicted molar refractivity (Wildman–Crippen MR) is 71.2 cm³/mol. The summed E-state index contributed by atoms with van der Waals surface area (Å²) in [6.45, 7) is 3.92. The standard InChI is InChI=1S/C13H13BrN2O/c1-8-4-5-12(17-3)10(6-8)11-7-13(14)16-9(2)15-11/h4-7H,1-3H3. The summed E-state index contributed by atoms with van der Waals surface area (Å²) in [5.74, 6) is 1.55.